The highest BCUT2D eigenvalue weighted by Gasteiger charge is 2.21. The highest BCUT2D eigenvalue weighted by molar-refractivity contribution is 5.89. The molecule has 7 N–H and O–H groups in total. The van der Waals surface area contributed by atoms with Crippen LogP contribution in [0.25, 0.3) is 0 Å². The number of hydrogen-bond acceptors (Lipinski definition) is 5. The second kappa shape index (κ2) is 5.97. The molecule has 0 saturated heterocycles. The summed E-state index contributed by atoms with van der Waals surface area (Å²) in [5.41, 5.74) is 11.3. The van der Waals surface area contributed by atoms with E-state index in [0.717, 1.165) is 0 Å². The lowest BCUT2D eigenvalue weighted by molar-refractivity contribution is -0.129. The number of H-pyrrole nitrogens is 1. The molecule has 17 heavy (non-hydrogen) atoms. The molecule has 0 spiro atoms. The third-order valence-corrected chi connectivity index (χ3v) is 2.17. The predicted octanol–water partition coefficient (Wildman–Crippen LogP) is -2.76. The first-order valence-corrected chi connectivity index (χ1v) is 4.98. The van der Waals surface area contributed by atoms with Crippen molar-refractivity contribution < 1.29 is 14.7 Å². The van der Waals surface area contributed by atoms with Crippen LogP contribution in [-0.2, 0) is 16.0 Å². The number of carbonyl (C=O) groups excluding carboxylic acids is 2. The van der Waals surface area contributed by atoms with E-state index in [2.05, 4.69) is 15.3 Å². The van der Waals surface area contributed by atoms with Crippen LogP contribution in [0.15, 0.2) is 12.5 Å². The van der Waals surface area contributed by atoms with Crippen LogP contribution in [0.4, 0.5) is 0 Å². The van der Waals surface area contributed by atoms with E-state index in [1.165, 1.54) is 6.33 Å². The number of imidazole rings is 1. The Balaban J connectivity index is 2.49. The van der Waals surface area contributed by atoms with Crippen molar-refractivity contribution in [3.63, 3.8) is 0 Å². The van der Waals surface area contributed by atoms with Gasteiger partial charge in [-0.25, -0.2) is 4.98 Å². The monoisotopic (exact) mass is 241 g/mol. The highest BCUT2D eigenvalue weighted by atomic mass is 16.3. The zero-order valence-corrected chi connectivity index (χ0v) is 9.09. The topological polar surface area (TPSA) is 147 Å². The summed E-state index contributed by atoms with van der Waals surface area (Å²) in [6, 6.07) is -1.96. The molecule has 8 heteroatoms. The third-order valence-electron chi connectivity index (χ3n) is 2.17. The fraction of sp³-hybridized carbons (Fsp3) is 0.444. The smallest absolute Gasteiger partial charge is 0.242 e. The molecule has 0 unspecified atom stereocenters. The second-order valence-electron chi connectivity index (χ2n) is 3.53. The van der Waals surface area contributed by atoms with Crippen molar-refractivity contribution in [1.82, 2.24) is 15.3 Å². The molecule has 2 amide bonds. The van der Waals surface area contributed by atoms with Gasteiger partial charge in [-0.15, -0.1) is 0 Å². The Bertz CT molecular complexity index is 378. The minimum Gasteiger partial charge on any atom is -0.394 e. The largest absolute Gasteiger partial charge is 0.394 e. The summed E-state index contributed by atoms with van der Waals surface area (Å²) in [7, 11) is 0. The van der Waals surface area contributed by atoms with Crippen molar-refractivity contribution in [2.45, 2.75) is 18.5 Å². The number of nitrogens with zero attached hydrogens (tertiary/aromatic N) is 1. The summed E-state index contributed by atoms with van der Waals surface area (Å²) in [4.78, 5) is 28.9. The molecule has 0 aliphatic heterocycles. The number of primary amides is 1. The van der Waals surface area contributed by atoms with Crippen molar-refractivity contribution in [3.8, 4) is 0 Å². The number of amides is 2. The van der Waals surface area contributed by atoms with Gasteiger partial charge in [0.05, 0.1) is 19.0 Å². The van der Waals surface area contributed by atoms with Crippen molar-refractivity contribution in [2.75, 3.05) is 6.61 Å². The van der Waals surface area contributed by atoms with Crippen LogP contribution in [0.5, 0.6) is 0 Å². The molecule has 1 aromatic rings. The number of nitrogens with one attached hydrogen (secondary N) is 2. The van der Waals surface area contributed by atoms with E-state index in [4.69, 9.17) is 16.6 Å². The van der Waals surface area contributed by atoms with Crippen LogP contribution in [-0.4, -0.2) is 45.6 Å². The first-order chi connectivity index (χ1) is 8.04. The number of hydrogen-bond donors (Lipinski definition) is 5. The molecule has 1 rings (SSSR count). The highest BCUT2D eigenvalue weighted by Crippen LogP contribution is 1.96. The fourth-order valence-corrected chi connectivity index (χ4v) is 1.21. The zero-order chi connectivity index (χ0) is 12.8. The summed E-state index contributed by atoms with van der Waals surface area (Å²) in [6.07, 6.45) is 3.27. The summed E-state index contributed by atoms with van der Waals surface area (Å²) < 4.78 is 0. The molecular formula is C9H15N5O3. The molecule has 2 atom stereocenters. The molecule has 0 bridgehead atoms. The van der Waals surface area contributed by atoms with Crippen LogP contribution in [0.3, 0.4) is 0 Å². The lowest BCUT2D eigenvalue weighted by atomic mass is 10.1. The van der Waals surface area contributed by atoms with Gasteiger partial charge in [-0.2, -0.15) is 0 Å². The fourth-order valence-electron chi connectivity index (χ4n) is 1.21. The Labute approximate surface area is 97.4 Å². The van der Waals surface area contributed by atoms with Crippen LogP contribution in [0, 0.1) is 0 Å². The van der Waals surface area contributed by atoms with Crippen molar-refractivity contribution in [2.24, 2.45) is 11.5 Å². The summed E-state index contributed by atoms with van der Waals surface area (Å²) in [6.45, 7) is -0.558. The minimum absolute atomic E-state index is 0.253. The first kappa shape index (κ1) is 13.1. The van der Waals surface area contributed by atoms with Gasteiger partial charge in [0.15, 0.2) is 0 Å². The summed E-state index contributed by atoms with van der Waals surface area (Å²) in [5, 5.41) is 11.1. The lowest BCUT2D eigenvalue weighted by Gasteiger charge is -2.16. The van der Waals surface area contributed by atoms with Crippen LogP contribution >= 0.6 is 0 Å². The molecule has 0 aliphatic rings. The number of aliphatic hydroxyl groups is 1. The molecule has 1 heterocycles. The Kier molecular flexibility index (Phi) is 4.61. The van der Waals surface area contributed by atoms with Gasteiger partial charge in [0.25, 0.3) is 0 Å². The van der Waals surface area contributed by atoms with E-state index >= 15 is 0 Å². The van der Waals surface area contributed by atoms with Gasteiger partial charge in [0, 0.05) is 18.3 Å². The SMILES string of the molecule is NC(=O)[C@H](CO)NC(=O)[C@@H](N)Cc1cnc[nH]1. The van der Waals surface area contributed by atoms with Gasteiger partial charge in [0.1, 0.15) is 6.04 Å². The Hall–Kier alpha value is -1.93. The Morgan fingerprint density at radius 1 is 1.59 bits per heavy atom. The van der Waals surface area contributed by atoms with E-state index in [0.29, 0.717) is 5.69 Å². The molecule has 0 aliphatic carbocycles. The predicted molar refractivity (Wildman–Crippen MR) is 58.5 cm³/mol. The van der Waals surface area contributed by atoms with E-state index in [1.54, 1.807) is 6.20 Å². The van der Waals surface area contributed by atoms with Gasteiger partial charge in [-0.05, 0) is 0 Å². The van der Waals surface area contributed by atoms with E-state index in [9.17, 15) is 9.59 Å². The maximum absolute atomic E-state index is 11.6. The van der Waals surface area contributed by atoms with Gasteiger partial charge >= 0.3 is 0 Å². The average Bonchev–Trinajstić information content (AvgIpc) is 2.77. The quantitative estimate of drug-likeness (QED) is 0.366. The van der Waals surface area contributed by atoms with Crippen LogP contribution in [0.2, 0.25) is 0 Å². The maximum Gasteiger partial charge on any atom is 0.242 e. The molecule has 8 nitrogen and oxygen atoms in total. The standard InChI is InChI=1S/C9H15N5O3/c10-6(1-5-2-12-4-13-5)9(17)14-7(3-15)8(11)16/h2,4,6-7,15H,1,3,10H2,(H2,11,16)(H,12,13)(H,14,17)/t6-,7-/m0/s1. The van der Waals surface area contributed by atoms with Gasteiger partial charge in [-0.1, -0.05) is 0 Å². The van der Waals surface area contributed by atoms with Gasteiger partial charge in [0.2, 0.25) is 11.8 Å². The van der Waals surface area contributed by atoms with Gasteiger partial charge in [-0.3, -0.25) is 9.59 Å². The summed E-state index contributed by atoms with van der Waals surface area (Å²) >= 11 is 0. The van der Waals surface area contributed by atoms with Crippen molar-refractivity contribution >= 4 is 11.8 Å². The van der Waals surface area contributed by atoms with Crippen molar-refractivity contribution in [1.29, 1.82) is 0 Å². The molecule has 94 valence electrons. The summed E-state index contributed by atoms with van der Waals surface area (Å²) in [5.74, 6) is -1.37. The molecule has 0 fully saturated rings. The number of aliphatic hydroxyl groups excluding tert-OH is 1. The number of aromatic amines is 1. The van der Waals surface area contributed by atoms with E-state index < -0.39 is 30.5 Å². The lowest BCUT2D eigenvalue weighted by Crippen LogP contribution is -2.52. The molecule has 0 saturated carbocycles. The number of rotatable bonds is 6. The molecular weight excluding hydrogens is 226 g/mol. The van der Waals surface area contributed by atoms with E-state index in [-0.39, 0.29) is 6.42 Å². The number of carbonyl (C=O) groups is 2. The molecule has 1 aromatic heterocycles. The third kappa shape index (κ3) is 3.85. The number of nitrogens with two attached hydrogens (primary N) is 2. The minimum atomic E-state index is -1.12. The van der Waals surface area contributed by atoms with Crippen molar-refractivity contribution in [3.05, 3.63) is 18.2 Å². The first-order valence-electron chi connectivity index (χ1n) is 4.98. The average molecular weight is 241 g/mol. The Morgan fingerprint density at radius 2 is 2.29 bits per heavy atom. The normalized spacial score (nSPS) is 14.0. The van der Waals surface area contributed by atoms with Crippen LogP contribution < -0.4 is 16.8 Å². The molecule has 0 radical (unpaired) electrons. The van der Waals surface area contributed by atoms with E-state index in [1.807, 2.05) is 0 Å². The zero-order valence-electron chi connectivity index (χ0n) is 9.09. The number of aromatic nitrogens is 2. The second-order valence-corrected chi connectivity index (χ2v) is 3.53. The maximum atomic E-state index is 11.6. The van der Waals surface area contributed by atoms with Gasteiger partial charge < -0.3 is 26.9 Å². The van der Waals surface area contributed by atoms with Crippen LogP contribution in [0.1, 0.15) is 5.69 Å². The molecule has 0 aromatic carbocycles. The Morgan fingerprint density at radius 3 is 2.76 bits per heavy atom.